The summed E-state index contributed by atoms with van der Waals surface area (Å²) >= 11 is 9.03. The van der Waals surface area contributed by atoms with Gasteiger partial charge in [0.25, 0.3) is 0 Å². The lowest BCUT2D eigenvalue weighted by Crippen LogP contribution is -2.14. The SMILES string of the molecule is NC(c1cc(F)ccc1Cl)c1cccc(Br)c1F. The van der Waals surface area contributed by atoms with Crippen LogP contribution in [0.5, 0.6) is 0 Å². The zero-order valence-corrected chi connectivity index (χ0v) is 11.5. The highest BCUT2D eigenvalue weighted by Crippen LogP contribution is 2.30. The van der Waals surface area contributed by atoms with Crippen molar-refractivity contribution >= 4 is 27.5 Å². The molecule has 0 aliphatic rings. The predicted octanol–water partition coefficient (Wildman–Crippen LogP) is 4.43. The van der Waals surface area contributed by atoms with E-state index in [2.05, 4.69) is 15.9 Å². The monoisotopic (exact) mass is 331 g/mol. The Labute approximate surface area is 117 Å². The maximum absolute atomic E-state index is 13.9. The molecule has 1 unspecified atom stereocenters. The van der Waals surface area contributed by atoms with Crippen LogP contribution in [0.3, 0.4) is 0 Å². The topological polar surface area (TPSA) is 26.0 Å². The van der Waals surface area contributed by atoms with Gasteiger partial charge in [-0.3, -0.25) is 0 Å². The molecule has 0 heterocycles. The minimum atomic E-state index is -0.814. The van der Waals surface area contributed by atoms with Gasteiger partial charge in [0, 0.05) is 10.6 Å². The molecule has 0 spiro atoms. The first-order valence-corrected chi connectivity index (χ1v) is 6.32. The minimum Gasteiger partial charge on any atom is -0.320 e. The lowest BCUT2D eigenvalue weighted by atomic mass is 9.99. The Morgan fingerprint density at radius 3 is 2.56 bits per heavy atom. The molecule has 0 fully saturated rings. The molecular weight excluding hydrogens is 324 g/mol. The molecule has 2 rings (SSSR count). The first kappa shape index (κ1) is 13.5. The van der Waals surface area contributed by atoms with E-state index in [1.165, 1.54) is 18.2 Å². The molecule has 0 aromatic heterocycles. The summed E-state index contributed by atoms with van der Waals surface area (Å²) in [5.74, 6) is -0.925. The average Bonchev–Trinajstić information content (AvgIpc) is 2.35. The van der Waals surface area contributed by atoms with Crippen LogP contribution in [0.25, 0.3) is 0 Å². The van der Waals surface area contributed by atoms with E-state index in [1.54, 1.807) is 18.2 Å². The number of benzene rings is 2. The largest absolute Gasteiger partial charge is 0.320 e. The highest BCUT2D eigenvalue weighted by molar-refractivity contribution is 9.10. The van der Waals surface area contributed by atoms with E-state index in [1.807, 2.05) is 0 Å². The maximum Gasteiger partial charge on any atom is 0.142 e. The fourth-order valence-corrected chi connectivity index (χ4v) is 2.30. The van der Waals surface area contributed by atoms with E-state index < -0.39 is 17.7 Å². The summed E-state index contributed by atoms with van der Waals surface area (Å²) in [6.07, 6.45) is 0. The fraction of sp³-hybridized carbons (Fsp3) is 0.0769. The quantitative estimate of drug-likeness (QED) is 0.865. The summed E-state index contributed by atoms with van der Waals surface area (Å²) in [5, 5.41) is 0.309. The Kier molecular flexibility index (Phi) is 4.00. The van der Waals surface area contributed by atoms with Gasteiger partial charge in [0.1, 0.15) is 11.6 Å². The molecule has 0 saturated heterocycles. The van der Waals surface area contributed by atoms with Crippen molar-refractivity contribution in [1.82, 2.24) is 0 Å². The highest BCUT2D eigenvalue weighted by Gasteiger charge is 2.18. The van der Waals surface area contributed by atoms with E-state index in [0.29, 0.717) is 15.1 Å². The molecule has 0 bridgehead atoms. The molecule has 1 atom stereocenters. The molecule has 0 radical (unpaired) electrons. The van der Waals surface area contributed by atoms with Crippen molar-refractivity contribution in [3.05, 3.63) is 68.7 Å². The minimum absolute atomic E-state index is 0.261. The Hall–Kier alpha value is -0.970. The van der Waals surface area contributed by atoms with Crippen LogP contribution in [0.2, 0.25) is 5.02 Å². The number of nitrogens with two attached hydrogens (primary N) is 1. The first-order valence-electron chi connectivity index (χ1n) is 5.15. The van der Waals surface area contributed by atoms with Crippen molar-refractivity contribution in [2.75, 3.05) is 0 Å². The number of hydrogen-bond donors (Lipinski definition) is 1. The Morgan fingerprint density at radius 1 is 1.11 bits per heavy atom. The van der Waals surface area contributed by atoms with Crippen molar-refractivity contribution in [3.63, 3.8) is 0 Å². The molecule has 1 nitrogen and oxygen atoms in total. The van der Waals surface area contributed by atoms with E-state index in [9.17, 15) is 8.78 Å². The first-order chi connectivity index (χ1) is 8.50. The smallest absolute Gasteiger partial charge is 0.142 e. The van der Waals surface area contributed by atoms with Gasteiger partial charge < -0.3 is 5.73 Å². The molecule has 0 amide bonds. The highest BCUT2D eigenvalue weighted by atomic mass is 79.9. The second-order valence-corrected chi connectivity index (χ2v) is 5.05. The third-order valence-electron chi connectivity index (χ3n) is 2.61. The van der Waals surface area contributed by atoms with Crippen LogP contribution >= 0.6 is 27.5 Å². The van der Waals surface area contributed by atoms with Crippen LogP contribution in [-0.4, -0.2) is 0 Å². The zero-order valence-electron chi connectivity index (χ0n) is 9.13. The molecular formula is C13H9BrClF2N. The third-order valence-corrected chi connectivity index (χ3v) is 3.57. The Balaban J connectivity index is 2.51. The summed E-state index contributed by atoms with van der Waals surface area (Å²) in [7, 11) is 0. The average molecular weight is 333 g/mol. The van der Waals surface area contributed by atoms with Crippen LogP contribution < -0.4 is 5.73 Å². The van der Waals surface area contributed by atoms with Crippen LogP contribution in [0.1, 0.15) is 17.2 Å². The molecule has 0 saturated carbocycles. The van der Waals surface area contributed by atoms with Crippen molar-refractivity contribution in [2.24, 2.45) is 5.73 Å². The Morgan fingerprint density at radius 2 is 1.83 bits per heavy atom. The van der Waals surface area contributed by atoms with Gasteiger partial charge in [0.15, 0.2) is 0 Å². The number of hydrogen-bond acceptors (Lipinski definition) is 1. The molecule has 2 aromatic rings. The third kappa shape index (κ3) is 2.55. The van der Waals surface area contributed by atoms with E-state index in [0.717, 1.165) is 0 Å². The van der Waals surface area contributed by atoms with Crippen molar-refractivity contribution in [3.8, 4) is 0 Å². The van der Waals surface area contributed by atoms with E-state index in [-0.39, 0.29) is 5.56 Å². The Bertz CT molecular complexity index is 587. The van der Waals surface area contributed by atoms with Crippen molar-refractivity contribution in [2.45, 2.75) is 6.04 Å². The fourth-order valence-electron chi connectivity index (χ4n) is 1.68. The second kappa shape index (κ2) is 5.34. The summed E-state index contributed by atoms with van der Waals surface area (Å²) < 4.78 is 27.4. The van der Waals surface area contributed by atoms with Crippen LogP contribution in [0, 0.1) is 11.6 Å². The molecule has 0 aliphatic heterocycles. The molecule has 94 valence electrons. The van der Waals surface area contributed by atoms with Gasteiger partial charge in [-0.2, -0.15) is 0 Å². The summed E-state index contributed by atoms with van der Waals surface area (Å²) in [6.45, 7) is 0. The van der Waals surface area contributed by atoms with Gasteiger partial charge in [0.2, 0.25) is 0 Å². The molecule has 2 aromatic carbocycles. The lowest BCUT2D eigenvalue weighted by Gasteiger charge is -2.15. The van der Waals surface area contributed by atoms with Gasteiger partial charge in [-0.1, -0.05) is 23.7 Å². The predicted molar refractivity (Wildman–Crippen MR) is 71.5 cm³/mol. The number of rotatable bonds is 2. The summed E-state index contributed by atoms with van der Waals surface area (Å²) in [4.78, 5) is 0. The maximum atomic E-state index is 13.9. The van der Waals surface area contributed by atoms with Crippen LogP contribution in [-0.2, 0) is 0 Å². The molecule has 0 aliphatic carbocycles. The second-order valence-electron chi connectivity index (χ2n) is 3.79. The zero-order chi connectivity index (χ0) is 13.3. The normalized spacial score (nSPS) is 12.5. The van der Waals surface area contributed by atoms with Crippen molar-refractivity contribution < 1.29 is 8.78 Å². The molecule has 18 heavy (non-hydrogen) atoms. The van der Waals surface area contributed by atoms with Gasteiger partial charge in [-0.05, 0) is 45.8 Å². The standard InChI is InChI=1S/C13H9BrClF2N/c14-10-3-1-2-8(12(10)17)13(18)9-6-7(16)4-5-11(9)15/h1-6,13H,18H2. The summed E-state index contributed by atoms with van der Waals surface area (Å²) in [5.41, 5.74) is 6.56. The van der Waals surface area contributed by atoms with E-state index >= 15 is 0 Å². The van der Waals surface area contributed by atoms with Gasteiger partial charge in [0.05, 0.1) is 10.5 Å². The van der Waals surface area contributed by atoms with Crippen molar-refractivity contribution in [1.29, 1.82) is 0 Å². The van der Waals surface area contributed by atoms with E-state index in [4.69, 9.17) is 17.3 Å². The number of halogens is 4. The molecule has 5 heteroatoms. The van der Waals surface area contributed by atoms with Gasteiger partial charge in [-0.15, -0.1) is 0 Å². The summed E-state index contributed by atoms with van der Waals surface area (Å²) in [6, 6.07) is 7.82. The van der Waals surface area contributed by atoms with Crippen LogP contribution in [0.15, 0.2) is 40.9 Å². The van der Waals surface area contributed by atoms with Crippen LogP contribution in [0.4, 0.5) is 8.78 Å². The van der Waals surface area contributed by atoms with Gasteiger partial charge >= 0.3 is 0 Å². The molecule has 2 N–H and O–H groups in total. The lowest BCUT2D eigenvalue weighted by molar-refractivity contribution is 0.590. The van der Waals surface area contributed by atoms with Gasteiger partial charge in [-0.25, -0.2) is 8.78 Å².